The van der Waals surface area contributed by atoms with E-state index < -0.39 is 5.60 Å². The van der Waals surface area contributed by atoms with Gasteiger partial charge in [0, 0.05) is 33.2 Å². The van der Waals surface area contributed by atoms with Gasteiger partial charge in [0.25, 0.3) is 0 Å². The zero-order valence-electron chi connectivity index (χ0n) is 15.3. The van der Waals surface area contributed by atoms with E-state index in [2.05, 4.69) is 10.3 Å². The number of hydrogen-bond donors (Lipinski definition) is 2. The Hall–Kier alpha value is -2.18. The Morgan fingerprint density at radius 1 is 1.46 bits per heavy atom. The van der Waals surface area contributed by atoms with Gasteiger partial charge in [0.1, 0.15) is 11.4 Å². The van der Waals surface area contributed by atoms with Gasteiger partial charge < -0.3 is 25.6 Å². The number of amides is 1. The fraction of sp³-hybridized carbons (Fsp3) is 0.647. The fourth-order valence-corrected chi connectivity index (χ4v) is 2.63. The van der Waals surface area contributed by atoms with Gasteiger partial charge in [-0.3, -0.25) is 0 Å². The van der Waals surface area contributed by atoms with Crippen molar-refractivity contribution in [3.8, 4) is 0 Å². The van der Waals surface area contributed by atoms with E-state index in [-0.39, 0.29) is 12.1 Å². The molecule has 1 aromatic heterocycles. The summed E-state index contributed by atoms with van der Waals surface area (Å²) in [5.74, 6) is 0.468. The largest absolute Gasteiger partial charge is 0.444 e. The normalized spacial score (nSPS) is 18.2. The van der Waals surface area contributed by atoms with E-state index in [0.29, 0.717) is 12.4 Å². The van der Waals surface area contributed by atoms with Crippen LogP contribution in [0.1, 0.15) is 33.6 Å². The first-order valence-electron chi connectivity index (χ1n) is 8.33. The van der Waals surface area contributed by atoms with Crippen molar-refractivity contribution >= 4 is 23.3 Å². The molecule has 0 unspecified atom stereocenters. The summed E-state index contributed by atoms with van der Waals surface area (Å²) in [7, 11) is 3.92. The molecule has 134 valence electrons. The van der Waals surface area contributed by atoms with E-state index in [4.69, 9.17) is 10.5 Å². The molecule has 2 rings (SSSR count). The molecular weight excluding hydrogens is 306 g/mol. The van der Waals surface area contributed by atoms with Crippen molar-refractivity contribution in [3.63, 3.8) is 0 Å². The maximum absolute atomic E-state index is 12.3. The number of anilines is 3. The summed E-state index contributed by atoms with van der Waals surface area (Å²) in [6.45, 7) is 6.95. The van der Waals surface area contributed by atoms with Crippen LogP contribution in [0, 0.1) is 0 Å². The lowest BCUT2D eigenvalue weighted by Gasteiger charge is -2.35. The van der Waals surface area contributed by atoms with Crippen molar-refractivity contribution in [3.05, 3.63) is 12.3 Å². The van der Waals surface area contributed by atoms with Crippen LogP contribution in [0.25, 0.3) is 0 Å². The van der Waals surface area contributed by atoms with Crippen LogP contribution in [-0.4, -0.2) is 54.8 Å². The Bertz CT molecular complexity index is 583. The van der Waals surface area contributed by atoms with Gasteiger partial charge in [-0.05, 0) is 39.7 Å². The maximum atomic E-state index is 12.3. The van der Waals surface area contributed by atoms with Gasteiger partial charge in [0.05, 0.1) is 17.6 Å². The Labute approximate surface area is 144 Å². The summed E-state index contributed by atoms with van der Waals surface area (Å²) < 4.78 is 5.47. The topological polar surface area (TPSA) is 83.7 Å². The molecule has 7 nitrogen and oxygen atoms in total. The summed E-state index contributed by atoms with van der Waals surface area (Å²) >= 11 is 0. The third-order valence-corrected chi connectivity index (χ3v) is 3.85. The average Bonchev–Trinajstić information content (AvgIpc) is 2.48. The molecule has 1 saturated heterocycles. The highest BCUT2D eigenvalue weighted by Crippen LogP contribution is 2.25. The van der Waals surface area contributed by atoms with Gasteiger partial charge in [-0.25, -0.2) is 9.78 Å². The standard InChI is InChI=1S/C17H29N5O2/c1-17(2,3)24-16(23)22-8-6-7-12(11-22)20-14-9-13(21(4)5)10-19-15(14)18/h9-10,12,20H,6-8,11H2,1-5H3,(H2,18,19)/t12-/m0/s1. The summed E-state index contributed by atoms with van der Waals surface area (Å²) in [6.07, 6.45) is 3.39. The van der Waals surface area contributed by atoms with Crippen LogP contribution in [0.15, 0.2) is 12.3 Å². The SMILES string of the molecule is CN(C)c1cnc(N)c(N[C@H]2CCCN(C(=O)OC(C)(C)C)C2)c1. The van der Waals surface area contributed by atoms with Crippen LogP contribution >= 0.6 is 0 Å². The molecule has 24 heavy (non-hydrogen) atoms. The second-order valence-corrected chi connectivity index (χ2v) is 7.43. The molecule has 0 aliphatic carbocycles. The average molecular weight is 335 g/mol. The zero-order chi connectivity index (χ0) is 17.9. The molecule has 0 bridgehead atoms. The number of likely N-dealkylation sites (tertiary alicyclic amines) is 1. The van der Waals surface area contributed by atoms with E-state index in [1.165, 1.54) is 0 Å². The van der Waals surface area contributed by atoms with Gasteiger partial charge in [0.2, 0.25) is 0 Å². The van der Waals surface area contributed by atoms with Gasteiger partial charge >= 0.3 is 6.09 Å². The van der Waals surface area contributed by atoms with Crippen LogP contribution in [0.5, 0.6) is 0 Å². The molecule has 7 heteroatoms. The lowest BCUT2D eigenvalue weighted by molar-refractivity contribution is 0.0206. The number of ether oxygens (including phenoxy) is 1. The Morgan fingerprint density at radius 3 is 2.79 bits per heavy atom. The minimum Gasteiger partial charge on any atom is -0.444 e. The minimum atomic E-state index is -0.480. The number of carbonyl (C=O) groups is 1. The van der Waals surface area contributed by atoms with E-state index in [9.17, 15) is 4.79 Å². The van der Waals surface area contributed by atoms with E-state index in [0.717, 1.165) is 30.8 Å². The number of pyridine rings is 1. The predicted octanol–water partition coefficient (Wildman–Crippen LogP) is 2.54. The molecule has 0 aromatic carbocycles. The number of nitrogens with zero attached hydrogens (tertiary/aromatic N) is 3. The monoisotopic (exact) mass is 335 g/mol. The van der Waals surface area contributed by atoms with Crippen LogP contribution in [0.4, 0.5) is 22.0 Å². The number of aromatic nitrogens is 1. The third kappa shape index (κ3) is 4.91. The molecule has 1 aliphatic rings. The van der Waals surface area contributed by atoms with Crippen LogP contribution < -0.4 is 16.0 Å². The molecule has 1 fully saturated rings. The maximum Gasteiger partial charge on any atom is 0.410 e. The molecule has 0 spiro atoms. The smallest absolute Gasteiger partial charge is 0.410 e. The van der Waals surface area contributed by atoms with Crippen LogP contribution in [-0.2, 0) is 4.74 Å². The highest BCUT2D eigenvalue weighted by Gasteiger charge is 2.27. The molecule has 1 aliphatic heterocycles. The Morgan fingerprint density at radius 2 is 2.17 bits per heavy atom. The van der Waals surface area contributed by atoms with E-state index in [1.54, 1.807) is 11.1 Å². The zero-order valence-corrected chi connectivity index (χ0v) is 15.3. The lowest BCUT2D eigenvalue weighted by Crippen LogP contribution is -2.47. The summed E-state index contributed by atoms with van der Waals surface area (Å²) in [5, 5.41) is 3.43. The summed E-state index contributed by atoms with van der Waals surface area (Å²) in [6, 6.07) is 2.11. The first-order chi connectivity index (χ1) is 11.2. The summed E-state index contributed by atoms with van der Waals surface area (Å²) in [5.41, 5.74) is 7.29. The number of hydrogen-bond acceptors (Lipinski definition) is 6. The Kier molecular flexibility index (Phi) is 5.41. The van der Waals surface area contributed by atoms with Gasteiger partial charge in [0.15, 0.2) is 0 Å². The molecule has 0 saturated carbocycles. The number of nitrogen functional groups attached to an aromatic ring is 1. The highest BCUT2D eigenvalue weighted by molar-refractivity contribution is 5.70. The molecule has 1 atom stereocenters. The van der Waals surface area contributed by atoms with Crippen LogP contribution in [0.3, 0.4) is 0 Å². The number of rotatable bonds is 3. The predicted molar refractivity (Wildman–Crippen MR) is 97.4 cm³/mol. The quantitative estimate of drug-likeness (QED) is 0.883. The second-order valence-electron chi connectivity index (χ2n) is 7.43. The number of nitrogens with one attached hydrogen (secondary N) is 1. The number of carbonyl (C=O) groups excluding carboxylic acids is 1. The first kappa shape index (κ1) is 18.2. The summed E-state index contributed by atoms with van der Waals surface area (Å²) in [4.78, 5) is 20.2. The van der Waals surface area contributed by atoms with Crippen LogP contribution in [0.2, 0.25) is 0 Å². The molecule has 2 heterocycles. The van der Waals surface area contributed by atoms with Crippen molar-refractivity contribution in [2.24, 2.45) is 0 Å². The number of piperidine rings is 1. The molecule has 0 radical (unpaired) electrons. The highest BCUT2D eigenvalue weighted by atomic mass is 16.6. The van der Waals surface area contributed by atoms with E-state index >= 15 is 0 Å². The van der Waals surface area contributed by atoms with Gasteiger partial charge in [-0.15, -0.1) is 0 Å². The third-order valence-electron chi connectivity index (χ3n) is 3.85. The molecule has 1 aromatic rings. The lowest BCUT2D eigenvalue weighted by atomic mass is 10.1. The van der Waals surface area contributed by atoms with Crippen molar-refractivity contribution in [1.29, 1.82) is 0 Å². The minimum absolute atomic E-state index is 0.132. The second kappa shape index (κ2) is 7.15. The van der Waals surface area contributed by atoms with Gasteiger partial charge in [-0.2, -0.15) is 0 Å². The van der Waals surface area contributed by atoms with Crippen molar-refractivity contribution in [2.45, 2.75) is 45.3 Å². The van der Waals surface area contributed by atoms with Crippen molar-refractivity contribution in [1.82, 2.24) is 9.88 Å². The number of nitrogens with two attached hydrogens (primary N) is 1. The molecule has 1 amide bonds. The Balaban J connectivity index is 2.03. The fourth-order valence-electron chi connectivity index (χ4n) is 2.63. The molecule has 3 N–H and O–H groups in total. The van der Waals surface area contributed by atoms with Gasteiger partial charge in [-0.1, -0.05) is 0 Å². The van der Waals surface area contributed by atoms with Crippen molar-refractivity contribution < 1.29 is 9.53 Å². The van der Waals surface area contributed by atoms with Crippen molar-refractivity contribution in [2.75, 3.05) is 43.1 Å². The molecular formula is C17H29N5O2. The van der Waals surface area contributed by atoms with E-state index in [1.807, 2.05) is 45.8 Å². The first-order valence-corrected chi connectivity index (χ1v) is 8.33.